The molecule has 0 unspecified atom stereocenters. The number of hydrogen-bond acceptors (Lipinski definition) is 7. The predicted molar refractivity (Wildman–Crippen MR) is 95.7 cm³/mol. The minimum absolute atomic E-state index is 0.121. The molecule has 0 N–H and O–H groups in total. The van der Waals surface area contributed by atoms with Crippen LogP contribution in [-0.2, 0) is 16.1 Å². The summed E-state index contributed by atoms with van der Waals surface area (Å²) in [6.07, 6.45) is 0. The van der Waals surface area contributed by atoms with Crippen LogP contribution < -0.4 is 9.47 Å². The van der Waals surface area contributed by atoms with Gasteiger partial charge in [0.2, 0.25) is 5.82 Å². The highest BCUT2D eigenvalue weighted by Crippen LogP contribution is 2.20. The number of ether oxygens (including phenoxy) is 3. The summed E-state index contributed by atoms with van der Waals surface area (Å²) in [5, 5.41) is 3.87. The second kappa shape index (κ2) is 8.48. The number of hydrogen-bond donors (Lipinski definition) is 0. The maximum atomic E-state index is 11.8. The zero-order valence-corrected chi connectivity index (χ0v) is 15.4. The number of methoxy groups -OCH3 is 1. The number of carbonyl (C=O) groups is 1. The Balaban J connectivity index is 1.50. The van der Waals surface area contributed by atoms with Gasteiger partial charge >= 0.3 is 5.97 Å². The molecule has 0 saturated heterocycles. The third-order valence-corrected chi connectivity index (χ3v) is 3.82. The molecule has 1 heterocycles. The van der Waals surface area contributed by atoms with Gasteiger partial charge in [0.1, 0.15) is 11.5 Å². The standard InChI is InChI=1S/C18H15BrN2O5/c1-23-14-7-5-12(6-8-14)18-20-16(26-21-18)10-25-17(22)11-24-15-4-2-3-13(19)9-15/h2-9H,10-11H2,1H3. The van der Waals surface area contributed by atoms with Crippen LogP contribution in [0.5, 0.6) is 11.5 Å². The number of esters is 1. The van der Waals surface area contributed by atoms with E-state index in [4.69, 9.17) is 18.7 Å². The molecule has 0 saturated carbocycles. The molecule has 0 amide bonds. The van der Waals surface area contributed by atoms with Gasteiger partial charge in [-0.05, 0) is 42.5 Å². The lowest BCUT2D eigenvalue weighted by atomic mass is 10.2. The number of nitrogens with zero attached hydrogens (tertiary/aromatic N) is 2. The Bertz CT molecular complexity index is 879. The van der Waals surface area contributed by atoms with Gasteiger partial charge in [0.15, 0.2) is 13.2 Å². The molecule has 0 aliphatic heterocycles. The molecule has 3 aromatic rings. The van der Waals surface area contributed by atoms with Crippen molar-refractivity contribution in [3.05, 3.63) is 58.9 Å². The van der Waals surface area contributed by atoms with Gasteiger partial charge in [0.05, 0.1) is 7.11 Å². The Morgan fingerprint density at radius 2 is 1.96 bits per heavy atom. The second-order valence-corrected chi connectivity index (χ2v) is 6.06. The quantitative estimate of drug-likeness (QED) is 0.541. The summed E-state index contributed by atoms with van der Waals surface area (Å²) in [6.45, 7) is -0.334. The van der Waals surface area contributed by atoms with Crippen LogP contribution in [0.2, 0.25) is 0 Å². The molecule has 26 heavy (non-hydrogen) atoms. The minimum atomic E-state index is -0.533. The highest BCUT2D eigenvalue weighted by molar-refractivity contribution is 9.10. The van der Waals surface area contributed by atoms with Gasteiger partial charge in [-0.2, -0.15) is 4.98 Å². The van der Waals surface area contributed by atoms with Gasteiger partial charge in [-0.25, -0.2) is 4.79 Å². The van der Waals surface area contributed by atoms with Crippen molar-refractivity contribution < 1.29 is 23.5 Å². The van der Waals surface area contributed by atoms with Crippen molar-refractivity contribution in [3.8, 4) is 22.9 Å². The van der Waals surface area contributed by atoms with Crippen LogP contribution >= 0.6 is 15.9 Å². The maximum Gasteiger partial charge on any atom is 0.344 e. The van der Waals surface area contributed by atoms with E-state index < -0.39 is 5.97 Å². The van der Waals surface area contributed by atoms with Crippen molar-refractivity contribution in [1.82, 2.24) is 10.1 Å². The molecule has 0 aliphatic carbocycles. The summed E-state index contributed by atoms with van der Waals surface area (Å²) in [7, 11) is 1.59. The minimum Gasteiger partial charge on any atom is -0.497 e. The fraction of sp³-hybridized carbons (Fsp3) is 0.167. The molecular formula is C18H15BrN2O5. The molecule has 0 bridgehead atoms. The molecule has 0 aliphatic rings. The fourth-order valence-electron chi connectivity index (χ4n) is 2.05. The molecule has 3 rings (SSSR count). The number of aromatic nitrogens is 2. The van der Waals surface area contributed by atoms with Gasteiger partial charge in [0, 0.05) is 10.0 Å². The van der Waals surface area contributed by atoms with E-state index in [1.807, 2.05) is 24.3 Å². The zero-order chi connectivity index (χ0) is 18.4. The Morgan fingerprint density at radius 3 is 2.69 bits per heavy atom. The molecule has 0 radical (unpaired) electrons. The topological polar surface area (TPSA) is 83.7 Å². The summed E-state index contributed by atoms with van der Waals surface area (Å²) in [5.41, 5.74) is 0.769. The first kappa shape index (κ1) is 17.9. The van der Waals surface area contributed by atoms with Crippen molar-refractivity contribution in [2.45, 2.75) is 6.61 Å². The number of rotatable bonds is 7. The lowest BCUT2D eigenvalue weighted by Crippen LogP contribution is -2.14. The molecule has 0 fully saturated rings. The average molecular weight is 419 g/mol. The first-order valence-electron chi connectivity index (χ1n) is 7.65. The van der Waals surface area contributed by atoms with Gasteiger partial charge < -0.3 is 18.7 Å². The Hall–Kier alpha value is -2.87. The average Bonchev–Trinajstić information content (AvgIpc) is 3.14. The van der Waals surface area contributed by atoms with E-state index in [1.54, 1.807) is 31.4 Å². The Kier molecular flexibility index (Phi) is 5.85. The lowest BCUT2D eigenvalue weighted by Gasteiger charge is -2.05. The normalized spacial score (nSPS) is 10.4. The summed E-state index contributed by atoms with van der Waals surface area (Å²) < 4.78 is 21.5. The van der Waals surface area contributed by atoms with E-state index in [2.05, 4.69) is 26.1 Å². The molecule has 0 atom stereocenters. The first-order chi connectivity index (χ1) is 12.6. The summed E-state index contributed by atoms with van der Waals surface area (Å²) in [5.74, 6) is 1.37. The molecule has 0 spiro atoms. The highest BCUT2D eigenvalue weighted by atomic mass is 79.9. The van der Waals surface area contributed by atoms with Crippen LogP contribution in [0, 0.1) is 0 Å². The largest absolute Gasteiger partial charge is 0.497 e. The highest BCUT2D eigenvalue weighted by Gasteiger charge is 2.12. The van der Waals surface area contributed by atoms with Crippen LogP contribution in [0.4, 0.5) is 0 Å². The predicted octanol–water partition coefficient (Wildman–Crippen LogP) is 3.63. The molecular weight excluding hydrogens is 404 g/mol. The second-order valence-electron chi connectivity index (χ2n) is 5.15. The summed E-state index contributed by atoms with van der Waals surface area (Å²) in [4.78, 5) is 16.0. The lowest BCUT2D eigenvalue weighted by molar-refractivity contribution is -0.148. The monoisotopic (exact) mass is 418 g/mol. The third-order valence-electron chi connectivity index (χ3n) is 3.33. The van der Waals surface area contributed by atoms with Crippen molar-refractivity contribution in [3.63, 3.8) is 0 Å². The van der Waals surface area contributed by atoms with Crippen LogP contribution in [0.3, 0.4) is 0 Å². The molecule has 1 aromatic heterocycles. The van der Waals surface area contributed by atoms with Crippen LogP contribution in [0.1, 0.15) is 5.89 Å². The van der Waals surface area contributed by atoms with Crippen LogP contribution in [0.25, 0.3) is 11.4 Å². The van der Waals surface area contributed by atoms with Gasteiger partial charge in [-0.15, -0.1) is 0 Å². The SMILES string of the molecule is COc1ccc(-c2noc(COC(=O)COc3cccc(Br)c3)n2)cc1. The summed E-state index contributed by atoms with van der Waals surface area (Å²) >= 11 is 3.33. The van der Waals surface area contributed by atoms with E-state index in [-0.39, 0.29) is 19.1 Å². The number of benzene rings is 2. The number of carbonyl (C=O) groups excluding carboxylic acids is 1. The van der Waals surface area contributed by atoms with E-state index >= 15 is 0 Å². The molecule has 8 heteroatoms. The Morgan fingerprint density at radius 1 is 1.15 bits per heavy atom. The maximum absolute atomic E-state index is 11.8. The molecule has 2 aromatic carbocycles. The third kappa shape index (κ3) is 4.82. The van der Waals surface area contributed by atoms with Crippen molar-refractivity contribution in [2.24, 2.45) is 0 Å². The fourth-order valence-corrected chi connectivity index (χ4v) is 2.43. The van der Waals surface area contributed by atoms with Gasteiger partial charge in [-0.3, -0.25) is 0 Å². The summed E-state index contributed by atoms with van der Waals surface area (Å²) in [6, 6.07) is 14.4. The van der Waals surface area contributed by atoms with Crippen molar-refractivity contribution in [1.29, 1.82) is 0 Å². The number of halogens is 1. The van der Waals surface area contributed by atoms with Gasteiger partial charge in [-0.1, -0.05) is 27.2 Å². The van der Waals surface area contributed by atoms with Gasteiger partial charge in [0.25, 0.3) is 5.89 Å². The van der Waals surface area contributed by atoms with E-state index in [0.29, 0.717) is 11.6 Å². The molecule has 7 nitrogen and oxygen atoms in total. The first-order valence-corrected chi connectivity index (χ1v) is 8.44. The molecule has 134 valence electrons. The van der Waals surface area contributed by atoms with Crippen molar-refractivity contribution in [2.75, 3.05) is 13.7 Å². The Labute approximate surface area is 158 Å². The van der Waals surface area contributed by atoms with Crippen LogP contribution in [-0.4, -0.2) is 29.8 Å². The van der Waals surface area contributed by atoms with E-state index in [1.165, 1.54) is 0 Å². The van der Waals surface area contributed by atoms with E-state index in [9.17, 15) is 4.79 Å². The van der Waals surface area contributed by atoms with Crippen molar-refractivity contribution >= 4 is 21.9 Å². The smallest absolute Gasteiger partial charge is 0.344 e. The van der Waals surface area contributed by atoms with E-state index in [0.717, 1.165) is 15.8 Å². The zero-order valence-electron chi connectivity index (χ0n) is 13.8. The van der Waals surface area contributed by atoms with Crippen LogP contribution in [0.15, 0.2) is 57.5 Å².